The average Bonchev–Trinajstić information content (AvgIpc) is 2.82. The van der Waals surface area contributed by atoms with E-state index in [2.05, 4.69) is 28.5 Å². The molecule has 0 atom stereocenters. The molecule has 6 nitrogen and oxygen atoms in total. The third kappa shape index (κ3) is 4.68. The minimum atomic E-state index is -0.372. The molecule has 1 amide bonds. The lowest BCUT2D eigenvalue weighted by Crippen LogP contribution is -2.45. The zero-order valence-electron chi connectivity index (χ0n) is 18.4. The molecule has 166 valence electrons. The number of hydrogen-bond acceptors (Lipinski definition) is 5. The van der Waals surface area contributed by atoms with E-state index < -0.39 is 0 Å². The molecule has 2 fully saturated rings. The summed E-state index contributed by atoms with van der Waals surface area (Å²) in [5, 5.41) is 6.40. The number of benzene rings is 1. The van der Waals surface area contributed by atoms with Crippen LogP contribution in [0.3, 0.4) is 0 Å². The second kappa shape index (κ2) is 9.67. The molecule has 31 heavy (non-hydrogen) atoms. The fourth-order valence-corrected chi connectivity index (χ4v) is 5.02. The van der Waals surface area contributed by atoms with Crippen molar-refractivity contribution in [2.24, 2.45) is 11.8 Å². The summed E-state index contributed by atoms with van der Waals surface area (Å²) in [5.74, 6) is 0.573. The van der Waals surface area contributed by atoms with Gasteiger partial charge in [-0.05, 0) is 68.9 Å². The SMILES string of the molecule is CCc1ccccc1NC(=O)C1CCC(CNc2c(N3CCCCC3)c(=O)c2=O)CC1. The van der Waals surface area contributed by atoms with E-state index in [9.17, 15) is 14.4 Å². The van der Waals surface area contributed by atoms with Gasteiger partial charge in [0, 0.05) is 31.2 Å². The van der Waals surface area contributed by atoms with Gasteiger partial charge in [-0.1, -0.05) is 25.1 Å². The van der Waals surface area contributed by atoms with Crippen molar-refractivity contribution in [2.45, 2.75) is 58.3 Å². The number of hydrogen-bond donors (Lipinski definition) is 2. The number of para-hydroxylation sites is 1. The van der Waals surface area contributed by atoms with Gasteiger partial charge in [-0.15, -0.1) is 0 Å². The van der Waals surface area contributed by atoms with Crippen molar-refractivity contribution < 1.29 is 4.79 Å². The molecule has 1 aliphatic heterocycles. The number of amides is 1. The van der Waals surface area contributed by atoms with Crippen LogP contribution in [0, 0.1) is 11.8 Å². The van der Waals surface area contributed by atoms with Gasteiger partial charge >= 0.3 is 0 Å². The fraction of sp³-hybridized carbons (Fsp3) is 0.560. The number of aryl methyl sites for hydroxylation is 1. The molecule has 1 heterocycles. The molecule has 1 aliphatic carbocycles. The molecule has 4 rings (SSSR count). The number of carbonyl (C=O) groups is 1. The monoisotopic (exact) mass is 423 g/mol. The van der Waals surface area contributed by atoms with Crippen molar-refractivity contribution in [1.29, 1.82) is 0 Å². The summed E-state index contributed by atoms with van der Waals surface area (Å²) in [7, 11) is 0. The average molecular weight is 424 g/mol. The maximum absolute atomic E-state index is 12.7. The van der Waals surface area contributed by atoms with Gasteiger partial charge in [0.05, 0.1) is 0 Å². The standard InChI is InChI=1S/C25H33N3O3/c1-2-18-8-4-5-9-20(18)27-25(31)19-12-10-17(11-13-19)16-26-21-22(24(30)23(21)29)28-14-6-3-7-15-28/h4-5,8-9,17,19,26H,2-3,6-7,10-16H2,1H3,(H,27,31). The Balaban J connectivity index is 1.27. The Bertz CT molecular complexity index is 978. The van der Waals surface area contributed by atoms with Gasteiger partial charge in [-0.25, -0.2) is 0 Å². The Morgan fingerprint density at radius 3 is 2.42 bits per heavy atom. The molecular weight excluding hydrogens is 390 g/mol. The van der Waals surface area contributed by atoms with Crippen LogP contribution in [0.1, 0.15) is 57.4 Å². The first kappa shape index (κ1) is 21.6. The highest BCUT2D eigenvalue weighted by Crippen LogP contribution is 2.31. The molecule has 2 aliphatic rings. The van der Waals surface area contributed by atoms with E-state index in [-0.39, 0.29) is 22.7 Å². The van der Waals surface area contributed by atoms with Gasteiger partial charge in [-0.3, -0.25) is 14.4 Å². The Labute approximate surface area is 183 Å². The van der Waals surface area contributed by atoms with Crippen molar-refractivity contribution >= 4 is 23.0 Å². The maximum atomic E-state index is 12.7. The van der Waals surface area contributed by atoms with Crippen molar-refractivity contribution in [3.63, 3.8) is 0 Å². The Kier molecular flexibility index (Phi) is 6.73. The molecule has 6 heteroatoms. The van der Waals surface area contributed by atoms with Gasteiger partial charge < -0.3 is 15.5 Å². The zero-order chi connectivity index (χ0) is 21.8. The predicted octanol–water partition coefficient (Wildman–Crippen LogP) is 3.69. The Morgan fingerprint density at radius 2 is 1.71 bits per heavy atom. The van der Waals surface area contributed by atoms with E-state index in [0.717, 1.165) is 69.3 Å². The highest BCUT2D eigenvalue weighted by atomic mass is 16.2. The summed E-state index contributed by atoms with van der Waals surface area (Å²) in [6, 6.07) is 7.98. The largest absolute Gasteiger partial charge is 0.380 e. The van der Waals surface area contributed by atoms with E-state index in [1.165, 1.54) is 6.42 Å². The lowest BCUT2D eigenvalue weighted by atomic mass is 9.81. The third-order valence-electron chi connectivity index (χ3n) is 7.00. The fourth-order valence-electron chi connectivity index (χ4n) is 5.02. The van der Waals surface area contributed by atoms with Crippen LogP contribution in [0.25, 0.3) is 0 Å². The van der Waals surface area contributed by atoms with Gasteiger partial charge in [0.25, 0.3) is 10.9 Å². The lowest BCUT2D eigenvalue weighted by molar-refractivity contribution is -0.121. The summed E-state index contributed by atoms with van der Waals surface area (Å²) < 4.78 is 0. The van der Waals surface area contributed by atoms with Crippen LogP contribution < -0.4 is 26.4 Å². The molecule has 0 radical (unpaired) electrons. The Hall–Kier alpha value is -2.63. The first-order valence-electron chi connectivity index (χ1n) is 11.8. The molecule has 0 unspecified atom stereocenters. The van der Waals surface area contributed by atoms with Crippen LogP contribution in [-0.2, 0) is 11.2 Å². The van der Waals surface area contributed by atoms with E-state index in [4.69, 9.17) is 0 Å². The number of rotatable bonds is 7. The zero-order valence-corrected chi connectivity index (χ0v) is 18.4. The quantitative estimate of drug-likeness (QED) is 0.664. The van der Waals surface area contributed by atoms with Crippen LogP contribution in [-0.4, -0.2) is 25.5 Å². The minimum Gasteiger partial charge on any atom is -0.380 e. The summed E-state index contributed by atoms with van der Waals surface area (Å²) in [6.45, 7) is 4.51. The molecule has 2 aromatic carbocycles. The highest BCUT2D eigenvalue weighted by Gasteiger charge is 2.29. The molecule has 0 bridgehead atoms. The van der Waals surface area contributed by atoms with Crippen LogP contribution >= 0.6 is 0 Å². The predicted molar refractivity (Wildman–Crippen MR) is 126 cm³/mol. The highest BCUT2D eigenvalue weighted by molar-refractivity contribution is 5.93. The van der Waals surface area contributed by atoms with E-state index in [1.54, 1.807) is 0 Å². The summed E-state index contributed by atoms with van der Waals surface area (Å²) >= 11 is 0. The Morgan fingerprint density at radius 1 is 1.00 bits per heavy atom. The second-order valence-corrected chi connectivity index (χ2v) is 9.03. The van der Waals surface area contributed by atoms with E-state index >= 15 is 0 Å². The van der Waals surface area contributed by atoms with E-state index in [0.29, 0.717) is 23.8 Å². The third-order valence-corrected chi connectivity index (χ3v) is 7.00. The summed E-state index contributed by atoms with van der Waals surface area (Å²) in [5.41, 5.74) is 2.49. The number of nitrogens with one attached hydrogen (secondary N) is 2. The number of nitrogens with zero attached hydrogens (tertiary/aromatic N) is 1. The normalized spacial score (nSPS) is 21.8. The molecule has 2 aromatic rings. The second-order valence-electron chi connectivity index (χ2n) is 9.03. The first-order chi connectivity index (χ1) is 15.1. The minimum absolute atomic E-state index is 0.0381. The molecule has 2 N–H and O–H groups in total. The van der Waals surface area contributed by atoms with Gasteiger partial charge in [0.2, 0.25) is 5.91 Å². The molecular formula is C25H33N3O3. The van der Waals surface area contributed by atoms with E-state index in [1.807, 2.05) is 18.2 Å². The molecule has 0 spiro atoms. The smallest absolute Gasteiger partial charge is 0.253 e. The first-order valence-corrected chi connectivity index (χ1v) is 11.8. The van der Waals surface area contributed by atoms with Crippen molar-refractivity contribution in [1.82, 2.24) is 0 Å². The molecule has 1 saturated carbocycles. The van der Waals surface area contributed by atoms with Crippen LogP contribution in [0.15, 0.2) is 33.9 Å². The van der Waals surface area contributed by atoms with Crippen molar-refractivity contribution in [3.8, 4) is 0 Å². The van der Waals surface area contributed by atoms with Gasteiger partial charge in [0.1, 0.15) is 11.4 Å². The topological polar surface area (TPSA) is 78.5 Å². The van der Waals surface area contributed by atoms with Crippen molar-refractivity contribution in [3.05, 3.63) is 50.3 Å². The molecule has 1 saturated heterocycles. The number of piperidine rings is 1. The summed E-state index contributed by atoms with van der Waals surface area (Å²) in [4.78, 5) is 39.0. The van der Waals surface area contributed by atoms with Crippen molar-refractivity contribution in [2.75, 3.05) is 35.2 Å². The lowest BCUT2D eigenvalue weighted by Gasteiger charge is -2.32. The van der Waals surface area contributed by atoms with Crippen LogP contribution in [0.5, 0.6) is 0 Å². The number of carbonyl (C=O) groups excluding carboxylic acids is 1. The van der Waals surface area contributed by atoms with Gasteiger partial charge in [-0.2, -0.15) is 0 Å². The number of anilines is 3. The maximum Gasteiger partial charge on any atom is 0.253 e. The van der Waals surface area contributed by atoms with Crippen LogP contribution in [0.4, 0.5) is 17.1 Å². The molecule has 0 aromatic heterocycles. The van der Waals surface area contributed by atoms with Crippen LogP contribution in [0.2, 0.25) is 0 Å². The summed E-state index contributed by atoms with van der Waals surface area (Å²) in [6.07, 6.45) is 7.86. The van der Waals surface area contributed by atoms with Gasteiger partial charge in [0.15, 0.2) is 0 Å².